The highest BCUT2D eigenvalue weighted by Crippen LogP contribution is 2.52. The van der Waals surface area contributed by atoms with Gasteiger partial charge in [-0.1, -0.05) is 24.3 Å². The maximum absolute atomic E-state index is 13.7. The molecule has 0 unspecified atom stereocenters. The van der Waals surface area contributed by atoms with Gasteiger partial charge in [0.25, 0.3) is 0 Å². The number of nitrogens with zero attached hydrogens (tertiary/aromatic N) is 2. The number of carbonyl (C=O) groups is 1. The van der Waals surface area contributed by atoms with E-state index in [0.717, 1.165) is 35.3 Å². The molecule has 2 heterocycles. The van der Waals surface area contributed by atoms with Crippen molar-refractivity contribution in [3.63, 3.8) is 0 Å². The lowest BCUT2D eigenvalue weighted by Gasteiger charge is -2.40. The second-order valence-corrected chi connectivity index (χ2v) is 10.3. The molecule has 1 aliphatic carbocycles. The molecule has 0 bridgehead atoms. The number of ketones is 1. The number of anilines is 2. The molecule has 0 radical (unpaired) electrons. The maximum atomic E-state index is 13.7. The number of Topliss-reactive ketones (excluding diaryl/α,β-unsaturated/α-hetero) is 1. The monoisotopic (exact) mass is 466 g/mol. The van der Waals surface area contributed by atoms with Gasteiger partial charge in [-0.05, 0) is 37.1 Å². The summed E-state index contributed by atoms with van der Waals surface area (Å²) in [4.78, 5) is 17.8. The Labute approximate surface area is 201 Å². The molecular weight excluding hydrogens is 432 g/mol. The zero-order valence-electron chi connectivity index (χ0n) is 20.5. The van der Waals surface area contributed by atoms with Crippen molar-refractivity contribution in [3.05, 3.63) is 59.7 Å². The van der Waals surface area contributed by atoms with Gasteiger partial charge < -0.3 is 28.7 Å². The Morgan fingerprint density at radius 2 is 0.941 bits per heavy atom. The third-order valence-corrected chi connectivity index (χ3v) is 7.45. The van der Waals surface area contributed by atoms with Crippen molar-refractivity contribution in [1.82, 2.24) is 0 Å². The van der Waals surface area contributed by atoms with Gasteiger partial charge >= 0.3 is 0 Å². The van der Waals surface area contributed by atoms with Gasteiger partial charge in [0.15, 0.2) is 18.4 Å². The lowest BCUT2D eigenvalue weighted by atomic mass is 9.78. The van der Waals surface area contributed by atoms with Crippen molar-refractivity contribution in [2.75, 3.05) is 64.4 Å². The number of hydrogen-bond acceptors (Lipinski definition) is 7. The molecule has 0 aromatic heterocycles. The van der Waals surface area contributed by atoms with E-state index >= 15 is 0 Å². The number of hydrogen-bond donors (Lipinski definition) is 0. The highest BCUT2D eigenvalue weighted by atomic mass is 16.7. The highest BCUT2D eigenvalue weighted by molar-refractivity contribution is 5.93. The van der Waals surface area contributed by atoms with Crippen LogP contribution in [0.1, 0.15) is 36.5 Å². The van der Waals surface area contributed by atoms with Gasteiger partial charge in [0.2, 0.25) is 0 Å². The SMILES string of the molecule is CN(C)c1ccc(C2OCC3(CCC4(COC(c5ccc(N(C)C)cc5)OC4)C3=O)CO2)cc1. The molecular formula is C27H34N2O5. The maximum Gasteiger partial charge on any atom is 0.183 e. The molecule has 2 aromatic carbocycles. The second-order valence-electron chi connectivity index (χ2n) is 10.3. The zero-order valence-corrected chi connectivity index (χ0v) is 20.5. The summed E-state index contributed by atoms with van der Waals surface area (Å²) >= 11 is 0. The molecule has 0 N–H and O–H groups in total. The third-order valence-electron chi connectivity index (χ3n) is 7.45. The van der Waals surface area contributed by atoms with E-state index in [1.807, 2.05) is 76.7 Å². The molecule has 3 aliphatic rings. The predicted molar refractivity (Wildman–Crippen MR) is 130 cm³/mol. The van der Waals surface area contributed by atoms with E-state index in [9.17, 15) is 4.79 Å². The van der Waals surface area contributed by atoms with Crippen LogP contribution in [0.25, 0.3) is 0 Å². The summed E-state index contributed by atoms with van der Waals surface area (Å²) in [6.45, 7) is 1.46. The van der Waals surface area contributed by atoms with Gasteiger partial charge in [-0.3, -0.25) is 4.79 Å². The molecule has 2 spiro atoms. The fourth-order valence-electron chi connectivity index (χ4n) is 5.18. The zero-order chi connectivity index (χ0) is 23.9. The van der Waals surface area contributed by atoms with Crippen LogP contribution < -0.4 is 9.80 Å². The number of rotatable bonds is 4. The molecule has 7 heteroatoms. The van der Waals surface area contributed by atoms with Gasteiger partial charge in [0.05, 0.1) is 37.3 Å². The molecule has 1 saturated carbocycles. The standard InChI is InChI=1S/C27H34N2O5/c1-28(2)21-9-5-19(6-10-21)23-31-15-26(16-32-23)13-14-27(25(26)30)17-33-24(34-18-27)20-7-11-22(12-8-20)29(3)4/h5-12,23-24H,13-18H2,1-4H3. The average molecular weight is 467 g/mol. The second kappa shape index (κ2) is 8.96. The molecule has 2 aromatic rings. The van der Waals surface area contributed by atoms with Crippen LogP contribution in [0.5, 0.6) is 0 Å². The van der Waals surface area contributed by atoms with Crippen molar-refractivity contribution in [3.8, 4) is 0 Å². The third kappa shape index (κ3) is 4.11. The Balaban J connectivity index is 1.20. The van der Waals surface area contributed by atoms with Crippen molar-refractivity contribution in [1.29, 1.82) is 0 Å². The van der Waals surface area contributed by atoms with E-state index in [1.165, 1.54) is 0 Å². The van der Waals surface area contributed by atoms with Crippen LogP contribution in [0, 0.1) is 10.8 Å². The fraction of sp³-hybridized carbons (Fsp3) is 0.519. The number of benzene rings is 2. The minimum atomic E-state index is -0.618. The first-order chi connectivity index (χ1) is 16.3. The minimum absolute atomic E-state index is 0.155. The van der Waals surface area contributed by atoms with Crippen LogP contribution in [0.15, 0.2) is 48.5 Å². The average Bonchev–Trinajstić information content (AvgIpc) is 3.11. The first-order valence-electron chi connectivity index (χ1n) is 11.9. The Bertz CT molecular complexity index is 921. The number of carbonyl (C=O) groups excluding carboxylic acids is 1. The van der Waals surface area contributed by atoms with E-state index in [2.05, 4.69) is 9.80 Å². The van der Waals surface area contributed by atoms with E-state index in [4.69, 9.17) is 18.9 Å². The van der Waals surface area contributed by atoms with Gasteiger partial charge in [-0.15, -0.1) is 0 Å². The summed E-state index contributed by atoms with van der Waals surface area (Å²) in [5, 5.41) is 0. The van der Waals surface area contributed by atoms with E-state index < -0.39 is 23.4 Å². The summed E-state index contributed by atoms with van der Waals surface area (Å²) in [5.74, 6) is 0.155. The largest absolute Gasteiger partial charge is 0.378 e. The Hall–Kier alpha value is -2.45. The lowest BCUT2D eigenvalue weighted by Crippen LogP contribution is -2.50. The van der Waals surface area contributed by atoms with E-state index in [0.29, 0.717) is 26.4 Å². The van der Waals surface area contributed by atoms with Gasteiger partial charge in [-0.25, -0.2) is 0 Å². The first-order valence-corrected chi connectivity index (χ1v) is 11.9. The van der Waals surface area contributed by atoms with Crippen LogP contribution >= 0.6 is 0 Å². The molecule has 7 nitrogen and oxygen atoms in total. The van der Waals surface area contributed by atoms with Crippen LogP contribution in [0.4, 0.5) is 11.4 Å². The van der Waals surface area contributed by atoms with Crippen molar-refractivity contribution in [2.45, 2.75) is 25.4 Å². The molecule has 3 fully saturated rings. The Morgan fingerprint density at radius 1 is 0.618 bits per heavy atom. The molecule has 0 amide bonds. The van der Waals surface area contributed by atoms with Gasteiger partial charge in [0.1, 0.15) is 0 Å². The molecule has 2 saturated heterocycles. The summed E-state index contributed by atoms with van der Waals surface area (Å²) in [7, 11) is 8.04. The topological polar surface area (TPSA) is 60.5 Å². The van der Waals surface area contributed by atoms with Crippen molar-refractivity contribution < 1.29 is 23.7 Å². The van der Waals surface area contributed by atoms with Crippen LogP contribution in [0.2, 0.25) is 0 Å². The van der Waals surface area contributed by atoms with E-state index in [-0.39, 0.29) is 5.78 Å². The smallest absolute Gasteiger partial charge is 0.183 e. The van der Waals surface area contributed by atoms with Crippen LogP contribution in [-0.2, 0) is 23.7 Å². The normalized spacial score (nSPS) is 31.2. The van der Waals surface area contributed by atoms with Gasteiger partial charge in [-0.2, -0.15) is 0 Å². The summed E-state index contributed by atoms with van der Waals surface area (Å²) in [6.07, 6.45) is 0.569. The predicted octanol–water partition coefficient (Wildman–Crippen LogP) is 3.95. The van der Waals surface area contributed by atoms with Crippen molar-refractivity contribution in [2.24, 2.45) is 10.8 Å². The number of ether oxygens (including phenoxy) is 4. The molecule has 34 heavy (non-hydrogen) atoms. The minimum Gasteiger partial charge on any atom is -0.378 e. The Morgan fingerprint density at radius 3 is 1.24 bits per heavy atom. The molecule has 2 aliphatic heterocycles. The summed E-state index contributed by atoms with van der Waals surface area (Å²) < 4.78 is 24.3. The van der Waals surface area contributed by atoms with Gasteiger partial charge in [0, 0.05) is 50.7 Å². The molecule has 182 valence electrons. The van der Waals surface area contributed by atoms with Crippen LogP contribution in [0.3, 0.4) is 0 Å². The highest BCUT2D eigenvalue weighted by Gasteiger charge is 2.60. The van der Waals surface area contributed by atoms with E-state index in [1.54, 1.807) is 0 Å². The first kappa shape index (κ1) is 23.3. The molecule has 0 atom stereocenters. The quantitative estimate of drug-likeness (QED) is 0.676. The Kier molecular flexibility index (Phi) is 6.14. The van der Waals surface area contributed by atoms with Crippen molar-refractivity contribution >= 4 is 17.2 Å². The van der Waals surface area contributed by atoms with Crippen LogP contribution in [-0.4, -0.2) is 60.4 Å². The lowest BCUT2D eigenvalue weighted by molar-refractivity contribution is -0.240. The summed E-state index contributed by atoms with van der Waals surface area (Å²) in [5.41, 5.74) is 2.93. The fourth-order valence-corrected chi connectivity index (χ4v) is 5.18. The molecule has 5 rings (SSSR count). The summed E-state index contributed by atoms with van der Waals surface area (Å²) in [6, 6.07) is 16.3.